The summed E-state index contributed by atoms with van der Waals surface area (Å²) in [5, 5.41) is 0. The average molecular weight is 238 g/mol. The largest absolute Gasteiger partial charge is 0.370 e. The Morgan fingerprint density at radius 3 is 2.71 bits per heavy atom. The van der Waals surface area contributed by atoms with Gasteiger partial charge in [-0.2, -0.15) is 0 Å². The number of hydrogen-bond donors (Lipinski definition) is 0. The molecule has 0 saturated carbocycles. The highest BCUT2D eigenvalue weighted by atomic mass is 16.5. The monoisotopic (exact) mass is 238 g/mol. The summed E-state index contributed by atoms with van der Waals surface area (Å²) in [7, 11) is 1.63. The van der Waals surface area contributed by atoms with Gasteiger partial charge in [0.1, 0.15) is 5.56 Å². The third-order valence-electron chi connectivity index (χ3n) is 3.42. The van der Waals surface area contributed by atoms with Crippen molar-refractivity contribution in [2.45, 2.75) is 26.7 Å². The fourth-order valence-electron chi connectivity index (χ4n) is 2.32. The van der Waals surface area contributed by atoms with Crippen molar-refractivity contribution >= 4 is 5.91 Å². The minimum Gasteiger partial charge on any atom is -0.338 e. The molecule has 1 saturated heterocycles. The normalized spacial score (nSPS) is 20.6. The molecule has 2 rings (SSSR count). The second-order valence-corrected chi connectivity index (χ2v) is 4.84. The van der Waals surface area contributed by atoms with E-state index in [0.29, 0.717) is 11.6 Å². The summed E-state index contributed by atoms with van der Waals surface area (Å²) in [5.74, 6) is 0.312. The standard InChI is InChI=1S/C12H18N2O3/c1-8-5-4-6-14(7-8)11(15)10-9(2)13(3)17-12(10)16/h8H,4-7H2,1-3H3. The minimum absolute atomic E-state index is 0.182. The second-order valence-electron chi connectivity index (χ2n) is 4.84. The molecule has 0 bridgehead atoms. The van der Waals surface area contributed by atoms with Crippen LogP contribution in [0.1, 0.15) is 35.8 Å². The zero-order chi connectivity index (χ0) is 12.6. The van der Waals surface area contributed by atoms with Gasteiger partial charge in [0, 0.05) is 20.1 Å². The van der Waals surface area contributed by atoms with E-state index in [2.05, 4.69) is 6.92 Å². The summed E-state index contributed by atoms with van der Waals surface area (Å²) in [5.41, 5.74) is 0.244. The molecule has 5 heteroatoms. The van der Waals surface area contributed by atoms with E-state index in [9.17, 15) is 9.59 Å². The van der Waals surface area contributed by atoms with Crippen LogP contribution in [0, 0.1) is 12.8 Å². The molecule has 17 heavy (non-hydrogen) atoms. The van der Waals surface area contributed by atoms with Crippen molar-refractivity contribution in [2.75, 3.05) is 13.1 Å². The molecular formula is C12H18N2O3. The lowest BCUT2D eigenvalue weighted by Gasteiger charge is -2.30. The third-order valence-corrected chi connectivity index (χ3v) is 3.42. The maximum absolute atomic E-state index is 12.3. The highest BCUT2D eigenvalue weighted by Gasteiger charge is 2.27. The Bertz CT molecular complexity index is 486. The van der Waals surface area contributed by atoms with Crippen molar-refractivity contribution in [1.82, 2.24) is 9.64 Å². The summed E-state index contributed by atoms with van der Waals surface area (Å²) in [6.07, 6.45) is 2.15. The lowest BCUT2D eigenvalue weighted by Crippen LogP contribution is -2.40. The smallest absolute Gasteiger partial charge is 0.338 e. The summed E-state index contributed by atoms with van der Waals surface area (Å²) in [6.45, 7) is 5.31. The van der Waals surface area contributed by atoms with E-state index >= 15 is 0 Å². The lowest BCUT2D eigenvalue weighted by molar-refractivity contribution is 0.0680. The molecule has 1 amide bonds. The number of aryl methyl sites for hydroxylation is 1. The van der Waals surface area contributed by atoms with Crippen molar-refractivity contribution in [3.05, 3.63) is 21.7 Å². The number of carbonyl (C=O) groups is 1. The first-order valence-electron chi connectivity index (χ1n) is 5.97. The fraction of sp³-hybridized carbons (Fsp3) is 0.667. The van der Waals surface area contributed by atoms with E-state index in [0.717, 1.165) is 25.9 Å². The summed E-state index contributed by atoms with van der Waals surface area (Å²) in [6, 6.07) is 0. The van der Waals surface area contributed by atoms with Crippen LogP contribution in [0.2, 0.25) is 0 Å². The Morgan fingerprint density at radius 2 is 2.18 bits per heavy atom. The SMILES string of the molecule is Cc1c(C(=O)N2CCCC(C)C2)c(=O)on1C. The molecule has 2 heterocycles. The lowest BCUT2D eigenvalue weighted by atomic mass is 9.99. The van der Waals surface area contributed by atoms with Gasteiger partial charge in [0.25, 0.3) is 5.91 Å². The first-order valence-corrected chi connectivity index (χ1v) is 5.97. The van der Waals surface area contributed by atoms with Crippen LogP contribution in [0.25, 0.3) is 0 Å². The zero-order valence-electron chi connectivity index (χ0n) is 10.5. The van der Waals surface area contributed by atoms with Gasteiger partial charge in [0.15, 0.2) is 0 Å². The molecule has 1 fully saturated rings. The molecule has 0 aliphatic carbocycles. The molecular weight excluding hydrogens is 220 g/mol. The molecule has 0 N–H and O–H groups in total. The molecule has 1 unspecified atom stereocenters. The van der Waals surface area contributed by atoms with Gasteiger partial charge < -0.3 is 9.42 Å². The van der Waals surface area contributed by atoms with Gasteiger partial charge in [-0.3, -0.25) is 4.79 Å². The molecule has 1 atom stereocenters. The summed E-state index contributed by atoms with van der Waals surface area (Å²) < 4.78 is 6.25. The van der Waals surface area contributed by atoms with Crippen LogP contribution in [0.15, 0.2) is 9.32 Å². The Labute approximate surface area is 100.0 Å². The van der Waals surface area contributed by atoms with Gasteiger partial charge >= 0.3 is 5.63 Å². The third kappa shape index (κ3) is 2.14. The average Bonchev–Trinajstić information content (AvgIpc) is 2.52. The van der Waals surface area contributed by atoms with E-state index in [4.69, 9.17) is 4.52 Å². The fourth-order valence-corrected chi connectivity index (χ4v) is 2.32. The van der Waals surface area contributed by atoms with Crippen molar-refractivity contribution in [3.63, 3.8) is 0 Å². The van der Waals surface area contributed by atoms with E-state index < -0.39 is 5.63 Å². The van der Waals surface area contributed by atoms with E-state index in [1.807, 2.05) is 0 Å². The summed E-state index contributed by atoms with van der Waals surface area (Å²) >= 11 is 0. The number of hydrogen-bond acceptors (Lipinski definition) is 3. The Kier molecular flexibility index (Phi) is 3.09. The van der Waals surface area contributed by atoms with Crippen LogP contribution in [-0.2, 0) is 7.05 Å². The number of nitrogens with zero attached hydrogens (tertiary/aromatic N) is 2. The van der Waals surface area contributed by atoms with Crippen LogP contribution in [0.3, 0.4) is 0 Å². The molecule has 94 valence electrons. The van der Waals surface area contributed by atoms with E-state index in [-0.39, 0.29) is 11.5 Å². The number of rotatable bonds is 1. The van der Waals surface area contributed by atoms with Crippen LogP contribution in [-0.4, -0.2) is 28.6 Å². The first-order chi connectivity index (χ1) is 8.00. The van der Waals surface area contributed by atoms with Crippen LogP contribution in [0.5, 0.6) is 0 Å². The summed E-state index contributed by atoms with van der Waals surface area (Å²) in [4.78, 5) is 25.6. The van der Waals surface area contributed by atoms with Crippen molar-refractivity contribution in [2.24, 2.45) is 13.0 Å². The van der Waals surface area contributed by atoms with Gasteiger partial charge in [0.2, 0.25) is 0 Å². The molecule has 1 aliphatic heterocycles. The molecule has 0 radical (unpaired) electrons. The molecule has 0 aromatic carbocycles. The van der Waals surface area contributed by atoms with Crippen molar-refractivity contribution < 1.29 is 9.32 Å². The van der Waals surface area contributed by atoms with E-state index in [1.54, 1.807) is 18.9 Å². The van der Waals surface area contributed by atoms with Crippen molar-refractivity contribution in [3.8, 4) is 0 Å². The number of carbonyl (C=O) groups excluding carboxylic acids is 1. The Balaban J connectivity index is 2.27. The predicted molar refractivity (Wildman–Crippen MR) is 63.0 cm³/mol. The van der Waals surface area contributed by atoms with Gasteiger partial charge in [-0.1, -0.05) is 6.92 Å². The quantitative estimate of drug-likeness (QED) is 0.737. The maximum atomic E-state index is 12.3. The van der Waals surface area contributed by atoms with Crippen LogP contribution >= 0.6 is 0 Å². The molecule has 0 spiro atoms. The number of amides is 1. The Morgan fingerprint density at radius 1 is 1.47 bits per heavy atom. The van der Waals surface area contributed by atoms with Gasteiger partial charge in [0.05, 0.1) is 5.69 Å². The van der Waals surface area contributed by atoms with Gasteiger partial charge in [-0.15, -0.1) is 0 Å². The molecule has 5 nitrogen and oxygen atoms in total. The molecule has 1 aliphatic rings. The van der Waals surface area contributed by atoms with Crippen molar-refractivity contribution in [1.29, 1.82) is 0 Å². The van der Waals surface area contributed by atoms with E-state index in [1.165, 1.54) is 4.74 Å². The topological polar surface area (TPSA) is 55.5 Å². The second kappa shape index (κ2) is 4.39. The maximum Gasteiger partial charge on any atom is 0.370 e. The van der Waals surface area contributed by atoms with Crippen LogP contribution < -0.4 is 5.63 Å². The highest BCUT2D eigenvalue weighted by molar-refractivity contribution is 5.94. The molecule has 1 aromatic rings. The molecule has 1 aromatic heterocycles. The number of piperidine rings is 1. The van der Waals surface area contributed by atoms with Gasteiger partial charge in [-0.25, -0.2) is 9.53 Å². The first kappa shape index (κ1) is 12.0. The van der Waals surface area contributed by atoms with Gasteiger partial charge in [-0.05, 0) is 25.7 Å². The predicted octanol–water partition coefficient (Wildman–Crippen LogP) is 1.16. The zero-order valence-corrected chi connectivity index (χ0v) is 10.5. The number of likely N-dealkylation sites (tertiary alicyclic amines) is 1. The highest BCUT2D eigenvalue weighted by Crippen LogP contribution is 2.18. The minimum atomic E-state index is -0.534. The van der Waals surface area contributed by atoms with Crippen LogP contribution in [0.4, 0.5) is 0 Å². The number of aromatic nitrogens is 1. The Hall–Kier alpha value is -1.52.